The average molecular weight is 311 g/mol. The van der Waals surface area contributed by atoms with Crippen molar-refractivity contribution < 1.29 is 4.79 Å². The number of hydrogen-bond acceptors (Lipinski definition) is 2. The van der Waals surface area contributed by atoms with E-state index in [1.807, 2.05) is 24.0 Å². The van der Waals surface area contributed by atoms with Crippen LogP contribution in [-0.4, -0.2) is 18.5 Å². The first-order valence-electron chi connectivity index (χ1n) is 7.66. The third-order valence-corrected chi connectivity index (χ3v) is 4.64. The van der Waals surface area contributed by atoms with Crippen LogP contribution in [0.1, 0.15) is 43.7 Å². The molecule has 2 rings (SSSR count). The van der Waals surface area contributed by atoms with E-state index >= 15 is 0 Å². The van der Waals surface area contributed by atoms with Crippen molar-refractivity contribution in [2.75, 3.05) is 11.4 Å². The van der Waals surface area contributed by atoms with Crippen molar-refractivity contribution in [1.29, 1.82) is 0 Å². The fraction of sp³-hybridized carbons (Fsp3) is 0.588. The molecule has 1 amide bonds. The van der Waals surface area contributed by atoms with E-state index in [-0.39, 0.29) is 24.4 Å². The van der Waals surface area contributed by atoms with Gasteiger partial charge in [0.2, 0.25) is 5.91 Å². The highest BCUT2D eigenvalue weighted by Gasteiger charge is 2.28. The molecule has 1 aromatic rings. The molecule has 1 aromatic carbocycles. The highest BCUT2D eigenvalue weighted by atomic mass is 35.5. The molecule has 1 fully saturated rings. The van der Waals surface area contributed by atoms with Gasteiger partial charge in [0, 0.05) is 24.7 Å². The number of amides is 1. The number of carbonyl (C=O) groups excluding carboxylic acids is 1. The molecule has 0 radical (unpaired) electrons. The van der Waals surface area contributed by atoms with Crippen molar-refractivity contribution in [2.45, 2.75) is 52.5 Å². The van der Waals surface area contributed by atoms with E-state index in [1.165, 1.54) is 11.1 Å². The minimum Gasteiger partial charge on any atom is -0.327 e. The third kappa shape index (κ3) is 3.98. The number of rotatable bonds is 4. The second-order valence-corrected chi connectivity index (χ2v) is 5.92. The van der Waals surface area contributed by atoms with Crippen LogP contribution in [0.25, 0.3) is 0 Å². The molecular formula is C17H27ClN2O. The lowest BCUT2D eigenvalue weighted by molar-refractivity contribution is -0.119. The number of anilines is 1. The molecule has 0 bridgehead atoms. The van der Waals surface area contributed by atoms with E-state index in [4.69, 9.17) is 5.73 Å². The van der Waals surface area contributed by atoms with Crippen LogP contribution in [0.5, 0.6) is 0 Å². The fourth-order valence-corrected chi connectivity index (χ4v) is 3.16. The lowest BCUT2D eigenvalue weighted by Crippen LogP contribution is -2.35. The Balaban J connectivity index is 0.00000220. The van der Waals surface area contributed by atoms with E-state index in [2.05, 4.69) is 19.9 Å². The number of hydrogen-bond donors (Lipinski definition) is 1. The lowest BCUT2D eigenvalue weighted by atomic mass is 9.99. The van der Waals surface area contributed by atoms with Gasteiger partial charge in [0.1, 0.15) is 0 Å². The summed E-state index contributed by atoms with van der Waals surface area (Å²) in [7, 11) is 0. The van der Waals surface area contributed by atoms with E-state index in [1.54, 1.807) is 0 Å². The Morgan fingerprint density at radius 1 is 1.33 bits per heavy atom. The molecule has 2 atom stereocenters. The number of carbonyl (C=O) groups is 1. The predicted octanol–water partition coefficient (Wildman–Crippen LogP) is 3.60. The minimum absolute atomic E-state index is 0. The van der Waals surface area contributed by atoms with Crippen molar-refractivity contribution in [1.82, 2.24) is 0 Å². The summed E-state index contributed by atoms with van der Waals surface area (Å²) in [5, 5.41) is 0. The molecule has 0 unspecified atom stereocenters. The van der Waals surface area contributed by atoms with Crippen LogP contribution >= 0.6 is 12.4 Å². The van der Waals surface area contributed by atoms with Crippen LogP contribution in [0.4, 0.5) is 5.69 Å². The number of aryl methyl sites for hydroxylation is 1. The number of halogens is 1. The van der Waals surface area contributed by atoms with Crippen LogP contribution in [0.2, 0.25) is 0 Å². The highest BCUT2D eigenvalue weighted by molar-refractivity contribution is 5.94. The van der Waals surface area contributed by atoms with Crippen molar-refractivity contribution in [3.8, 4) is 0 Å². The SMILES string of the molecule is CCN(C(=O)C[C@@H]1CCC[C@H]1N)c1cccc(C)c1C.Cl. The van der Waals surface area contributed by atoms with Crippen molar-refractivity contribution in [3.05, 3.63) is 29.3 Å². The first-order valence-corrected chi connectivity index (χ1v) is 7.66. The first kappa shape index (κ1) is 18.0. The van der Waals surface area contributed by atoms with Gasteiger partial charge in [0.25, 0.3) is 0 Å². The zero-order valence-electron chi connectivity index (χ0n) is 13.3. The first-order chi connectivity index (χ1) is 9.54. The van der Waals surface area contributed by atoms with Crippen molar-refractivity contribution in [3.63, 3.8) is 0 Å². The molecule has 2 N–H and O–H groups in total. The molecule has 0 saturated heterocycles. The zero-order chi connectivity index (χ0) is 14.7. The Bertz CT molecular complexity index is 490. The van der Waals surface area contributed by atoms with Crippen molar-refractivity contribution >= 4 is 24.0 Å². The van der Waals surface area contributed by atoms with Gasteiger partial charge in [-0.15, -0.1) is 12.4 Å². The quantitative estimate of drug-likeness (QED) is 0.923. The summed E-state index contributed by atoms with van der Waals surface area (Å²) >= 11 is 0. The molecule has 4 heteroatoms. The maximum atomic E-state index is 12.6. The van der Waals surface area contributed by atoms with E-state index in [0.717, 1.165) is 24.9 Å². The summed E-state index contributed by atoms with van der Waals surface area (Å²) in [6, 6.07) is 6.35. The molecule has 3 nitrogen and oxygen atoms in total. The molecule has 0 heterocycles. The van der Waals surface area contributed by atoms with Crippen LogP contribution in [0.3, 0.4) is 0 Å². The average Bonchev–Trinajstić information content (AvgIpc) is 2.81. The molecule has 1 aliphatic rings. The number of nitrogens with zero attached hydrogens (tertiary/aromatic N) is 1. The summed E-state index contributed by atoms with van der Waals surface area (Å²) < 4.78 is 0. The molecule has 0 spiro atoms. The van der Waals surface area contributed by atoms with E-state index < -0.39 is 0 Å². The number of benzene rings is 1. The van der Waals surface area contributed by atoms with Crippen LogP contribution in [-0.2, 0) is 4.79 Å². The van der Waals surface area contributed by atoms with Crippen LogP contribution in [0, 0.1) is 19.8 Å². The van der Waals surface area contributed by atoms with Crippen LogP contribution in [0.15, 0.2) is 18.2 Å². The van der Waals surface area contributed by atoms with Gasteiger partial charge in [-0.05, 0) is 56.7 Å². The Morgan fingerprint density at radius 3 is 2.62 bits per heavy atom. The van der Waals surface area contributed by atoms with Gasteiger partial charge in [-0.1, -0.05) is 18.6 Å². The lowest BCUT2D eigenvalue weighted by Gasteiger charge is -2.26. The second kappa shape index (κ2) is 7.81. The third-order valence-electron chi connectivity index (χ3n) is 4.64. The van der Waals surface area contributed by atoms with Gasteiger partial charge in [0.05, 0.1) is 0 Å². The van der Waals surface area contributed by atoms with Crippen LogP contribution < -0.4 is 10.6 Å². The normalized spacial score (nSPS) is 21.0. The molecule has 21 heavy (non-hydrogen) atoms. The van der Waals surface area contributed by atoms with Gasteiger partial charge < -0.3 is 10.6 Å². The van der Waals surface area contributed by atoms with Gasteiger partial charge >= 0.3 is 0 Å². The summed E-state index contributed by atoms with van der Waals surface area (Å²) in [4.78, 5) is 14.5. The minimum atomic E-state index is 0. The Labute approximate surface area is 134 Å². The topological polar surface area (TPSA) is 46.3 Å². The number of nitrogens with two attached hydrogens (primary N) is 1. The summed E-state index contributed by atoms with van der Waals surface area (Å²) in [6.07, 6.45) is 3.90. The summed E-state index contributed by atoms with van der Waals surface area (Å²) in [6.45, 7) is 6.92. The van der Waals surface area contributed by atoms with Gasteiger partial charge in [-0.3, -0.25) is 4.79 Å². The van der Waals surface area contributed by atoms with Gasteiger partial charge in [-0.25, -0.2) is 0 Å². The zero-order valence-corrected chi connectivity index (χ0v) is 14.1. The molecule has 1 saturated carbocycles. The Kier molecular flexibility index (Phi) is 6.69. The molecule has 0 aliphatic heterocycles. The monoisotopic (exact) mass is 310 g/mol. The van der Waals surface area contributed by atoms with E-state index in [0.29, 0.717) is 18.9 Å². The van der Waals surface area contributed by atoms with Gasteiger partial charge in [-0.2, -0.15) is 0 Å². The molecule has 118 valence electrons. The van der Waals surface area contributed by atoms with Crippen molar-refractivity contribution in [2.24, 2.45) is 11.7 Å². The molecule has 0 aromatic heterocycles. The molecular weight excluding hydrogens is 284 g/mol. The second-order valence-electron chi connectivity index (χ2n) is 5.92. The smallest absolute Gasteiger partial charge is 0.227 e. The fourth-order valence-electron chi connectivity index (χ4n) is 3.16. The maximum Gasteiger partial charge on any atom is 0.227 e. The largest absolute Gasteiger partial charge is 0.327 e. The standard InChI is InChI=1S/C17H26N2O.ClH/c1-4-19(16-10-5-7-12(2)13(16)3)17(20)11-14-8-6-9-15(14)18;/h5,7,10,14-15H,4,6,8-9,11,18H2,1-3H3;1H/t14-,15+;/m0./s1. The maximum absolute atomic E-state index is 12.6. The Hall–Kier alpha value is -1.06. The Morgan fingerprint density at radius 2 is 2.05 bits per heavy atom. The van der Waals surface area contributed by atoms with E-state index in [9.17, 15) is 4.79 Å². The highest BCUT2D eigenvalue weighted by Crippen LogP contribution is 2.29. The summed E-state index contributed by atoms with van der Waals surface area (Å²) in [5.41, 5.74) is 9.56. The predicted molar refractivity (Wildman–Crippen MR) is 91.1 cm³/mol. The summed E-state index contributed by atoms with van der Waals surface area (Å²) in [5.74, 6) is 0.574. The molecule has 1 aliphatic carbocycles. The van der Waals surface area contributed by atoms with Gasteiger partial charge in [0.15, 0.2) is 0 Å².